The number of aliphatic carboxylic acids is 1. The first-order chi connectivity index (χ1) is 15.0. The minimum atomic E-state index is -0.756. The molecule has 0 aromatic rings. The molecule has 0 aromatic carbocycles. The van der Waals surface area contributed by atoms with Gasteiger partial charge in [0, 0.05) is 37.3 Å². The number of aliphatic hydroxyl groups excluding tert-OH is 4. The fourth-order valence-electron chi connectivity index (χ4n) is 2.32. The Kier molecular flexibility index (Phi) is 25.6. The zero-order valence-corrected chi connectivity index (χ0v) is 18.6. The van der Waals surface area contributed by atoms with Crippen LogP contribution in [0.3, 0.4) is 0 Å². The maximum absolute atomic E-state index is 10.0. The normalized spacial score (nSPS) is 11.0. The molecule has 0 fully saturated rings. The van der Waals surface area contributed by atoms with Crippen molar-refractivity contribution in [3.05, 3.63) is 0 Å². The SMILES string of the molecule is CNCC(COCC(CO)CO)COCC(CO)CO.O=CNCCCCCC(=O)O. The summed E-state index contributed by atoms with van der Waals surface area (Å²) in [6, 6.07) is 0. The number of hydrogen-bond donors (Lipinski definition) is 7. The van der Waals surface area contributed by atoms with Gasteiger partial charge in [-0.1, -0.05) is 6.42 Å². The summed E-state index contributed by atoms with van der Waals surface area (Å²) in [6.45, 7) is 2.50. The predicted octanol–water partition coefficient (Wildman–Crippen LogP) is -1.57. The van der Waals surface area contributed by atoms with Gasteiger partial charge in [-0.15, -0.1) is 0 Å². The monoisotopic (exact) mass is 454 g/mol. The van der Waals surface area contributed by atoms with Crippen LogP contribution in [0.25, 0.3) is 0 Å². The van der Waals surface area contributed by atoms with E-state index in [0.29, 0.717) is 52.3 Å². The maximum Gasteiger partial charge on any atom is 0.303 e. The van der Waals surface area contributed by atoms with Gasteiger partial charge in [-0.2, -0.15) is 0 Å². The minimum absolute atomic E-state index is 0.0988. The largest absolute Gasteiger partial charge is 0.481 e. The molecule has 0 aromatic heterocycles. The second-order valence-corrected chi connectivity index (χ2v) is 7.24. The first kappa shape index (κ1) is 31.8. The number of carbonyl (C=O) groups is 2. The predicted molar refractivity (Wildman–Crippen MR) is 115 cm³/mol. The molecule has 0 radical (unpaired) electrons. The van der Waals surface area contributed by atoms with Gasteiger partial charge in [0.1, 0.15) is 0 Å². The third-order valence-corrected chi connectivity index (χ3v) is 4.23. The van der Waals surface area contributed by atoms with Gasteiger partial charge in [-0.25, -0.2) is 0 Å². The Bertz CT molecular complexity index is 377. The Balaban J connectivity index is 0. The van der Waals surface area contributed by atoms with Crippen molar-refractivity contribution in [1.82, 2.24) is 10.6 Å². The van der Waals surface area contributed by atoms with Crippen LogP contribution in [0, 0.1) is 17.8 Å². The standard InChI is InChI=1S/C13H29NO6.C7H13NO3/c1-14-2-11(7-19-9-12(3-15)4-16)8-20-10-13(5-17)6-18;9-6-8-5-3-1-2-4-7(10)11/h11-18H,2-10H2,1H3;6H,1-5H2,(H,8,9)(H,10,11). The van der Waals surface area contributed by atoms with E-state index in [4.69, 9.17) is 35.0 Å². The number of aliphatic hydroxyl groups is 4. The van der Waals surface area contributed by atoms with Gasteiger partial charge in [0.15, 0.2) is 0 Å². The smallest absolute Gasteiger partial charge is 0.303 e. The quantitative estimate of drug-likeness (QED) is 0.0792. The first-order valence-corrected chi connectivity index (χ1v) is 10.6. The van der Waals surface area contributed by atoms with Gasteiger partial charge < -0.3 is 45.6 Å². The number of rotatable bonds is 21. The van der Waals surface area contributed by atoms with Gasteiger partial charge in [-0.05, 0) is 19.9 Å². The van der Waals surface area contributed by atoms with E-state index in [0.717, 1.165) is 12.8 Å². The highest BCUT2D eigenvalue weighted by Gasteiger charge is 2.13. The zero-order valence-electron chi connectivity index (χ0n) is 18.6. The van der Waals surface area contributed by atoms with Crippen LogP contribution in [-0.4, -0.2) is 111 Å². The summed E-state index contributed by atoms with van der Waals surface area (Å²) in [6.07, 6.45) is 3.27. The molecular formula is C20H42N2O9. The van der Waals surface area contributed by atoms with Crippen molar-refractivity contribution in [2.24, 2.45) is 17.8 Å². The van der Waals surface area contributed by atoms with Crippen molar-refractivity contribution in [3.8, 4) is 0 Å². The van der Waals surface area contributed by atoms with Crippen LogP contribution < -0.4 is 10.6 Å². The van der Waals surface area contributed by atoms with Crippen molar-refractivity contribution >= 4 is 12.4 Å². The van der Waals surface area contributed by atoms with Gasteiger partial charge in [0.25, 0.3) is 0 Å². The van der Waals surface area contributed by atoms with Gasteiger partial charge >= 0.3 is 5.97 Å². The molecular weight excluding hydrogens is 412 g/mol. The Morgan fingerprint density at radius 3 is 1.71 bits per heavy atom. The lowest BCUT2D eigenvalue weighted by Gasteiger charge is -2.20. The fraction of sp³-hybridized carbons (Fsp3) is 0.900. The minimum Gasteiger partial charge on any atom is -0.481 e. The molecule has 0 saturated carbocycles. The van der Waals surface area contributed by atoms with Crippen molar-refractivity contribution in [3.63, 3.8) is 0 Å². The number of nitrogens with one attached hydrogen (secondary N) is 2. The summed E-state index contributed by atoms with van der Waals surface area (Å²) in [5, 5.41) is 49.5. The summed E-state index contributed by atoms with van der Waals surface area (Å²) in [5.74, 6) is -1.12. The van der Waals surface area contributed by atoms with Crippen molar-refractivity contribution in [2.75, 3.05) is 73.0 Å². The van der Waals surface area contributed by atoms with Gasteiger partial charge in [-0.3, -0.25) is 9.59 Å². The molecule has 0 atom stereocenters. The van der Waals surface area contributed by atoms with Crippen LogP contribution in [0.4, 0.5) is 0 Å². The number of carboxylic acids is 1. The Morgan fingerprint density at radius 1 is 0.839 bits per heavy atom. The number of carboxylic acid groups (broad SMARTS) is 1. The number of hydrogen-bond acceptors (Lipinski definition) is 9. The summed E-state index contributed by atoms with van der Waals surface area (Å²) in [5.41, 5.74) is 0. The van der Waals surface area contributed by atoms with Crippen LogP contribution in [0.15, 0.2) is 0 Å². The molecule has 0 bridgehead atoms. The molecule has 0 rings (SSSR count). The molecule has 0 spiro atoms. The van der Waals surface area contributed by atoms with Crippen molar-refractivity contribution < 1.29 is 44.6 Å². The highest BCUT2D eigenvalue weighted by molar-refractivity contribution is 5.66. The summed E-state index contributed by atoms with van der Waals surface area (Å²) < 4.78 is 10.9. The summed E-state index contributed by atoms with van der Waals surface area (Å²) in [7, 11) is 1.83. The Morgan fingerprint density at radius 2 is 1.32 bits per heavy atom. The topological polar surface area (TPSA) is 178 Å². The van der Waals surface area contributed by atoms with Crippen LogP contribution >= 0.6 is 0 Å². The molecule has 186 valence electrons. The highest BCUT2D eigenvalue weighted by Crippen LogP contribution is 2.03. The van der Waals surface area contributed by atoms with E-state index in [1.165, 1.54) is 0 Å². The Labute approximate surface area is 184 Å². The van der Waals surface area contributed by atoms with E-state index in [1.807, 2.05) is 7.05 Å². The molecule has 0 aliphatic carbocycles. The fourth-order valence-corrected chi connectivity index (χ4v) is 2.32. The van der Waals surface area contributed by atoms with E-state index in [1.54, 1.807) is 0 Å². The second-order valence-electron chi connectivity index (χ2n) is 7.24. The number of carbonyl (C=O) groups excluding carboxylic acids is 1. The van der Waals surface area contributed by atoms with E-state index >= 15 is 0 Å². The first-order valence-electron chi connectivity index (χ1n) is 10.6. The molecule has 7 N–H and O–H groups in total. The molecule has 1 amide bonds. The third-order valence-electron chi connectivity index (χ3n) is 4.23. The average molecular weight is 455 g/mol. The highest BCUT2D eigenvalue weighted by atomic mass is 16.5. The molecule has 0 aliphatic rings. The van der Waals surface area contributed by atoms with Crippen molar-refractivity contribution in [2.45, 2.75) is 25.7 Å². The number of unbranched alkanes of at least 4 members (excludes halogenated alkanes) is 2. The van der Waals surface area contributed by atoms with E-state index in [-0.39, 0.29) is 50.6 Å². The molecule has 0 saturated heterocycles. The van der Waals surface area contributed by atoms with E-state index in [2.05, 4.69) is 10.6 Å². The van der Waals surface area contributed by atoms with Gasteiger partial charge in [0.05, 0.1) is 52.9 Å². The van der Waals surface area contributed by atoms with Crippen molar-refractivity contribution in [1.29, 1.82) is 0 Å². The molecule has 0 aliphatic heterocycles. The molecule has 31 heavy (non-hydrogen) atoms. The molecule has 11 nitrogen and oxygen atoms in total. The second kappa shape index (κ2) is 24.9. The number of ether oxygens (including phenoxy) is 2. The van der Waals surface area contributed by atoms with Crippen LogP contribution in [0.1, 0.15) is 25.7 Å². The molecule has 0 heterocycles. The van der Waals surface area contributed by atoms with E-state index in [9.17, 15) is 9.59 Å². The molecule has 0 unspecified atom stereocenters. The average Bonchev–Trinajstić information content (AvgIpc) is 2.77. The lowest BCUT2D eigenvalue weighted by atomic mass is 10.1. The lowest BCUT2D eigenvalue weighted by molar-refractivity contribution is -0.137. The Hall–Kier alpha value is -1.34. The van der Waals surface area contributed by atoms with Crippen LogP contribution in [-0.2, 0) is 19.1 Å². The van der Waals surface area contributed by atoms with Crippen LogP contribution in [0.5, 0.6) is 0 Å². The van der Waals surface area contributed by atoms with Crippen LogP contribution in [0.2, 0.25) is 0 Å². The van der Waals surface area contributed by atoms with E-state index < -0.39 is 5.97 Å². The number of amides is 1. The lowest BCUT2D eigenvalue weighted by Crippen LogP contribution is -2.30. The maximum atomic E-state index is 10.0. The third kappa shape index (κ3) is 23.2. The summed E-state index contributed by atoms with van der Waals surface area (Å²) >= 11 is 0. The van der Waals surface area contributed by atoms with Gasteiger partial charge in [0.2, 0.25) is 6.41 Å². The molecule has 11 heteroatoms. The summed E-state index contributed by atoms with van der Waals surface area (Å²) in [4.78, 5) is 19.8. The zero-order chi connectivity index (χ0) is 23.7.